The molecule has 0 saturated carbocycles. The van der Waals surface area contributed by atoms with E-state index in [0.29, 0.717) is 17.6 Å². The van der Waals surface area contributed by atoms with Crippen LogP contribution in [-0.2, 0) is 9.59 Å². The molecule has 0 aliphatic carbocycles. The van der Waals surface area contributed by atoms with E-state index in [-0.39, 0.29) is 24.7 Å². The zero-order chi connectivity index (χ0) is 17.9. The first-order valence-electron chi connectivity index (χ1n) is 7.49. The molecule has 24 heavy (non-hydrogen) atoms. The molecule has 1 aliphatic heterocycles. The Labute approximate surface area is 139 Å². The molecule has 2 amide bonds. The second-order valence-electron chi connectivity index (χ2n) is 5.79. The fourth-order valence-electron chi connectivity index (χ4n) is 2.49. The van der Waals surface area contributed by atoms with Gasteiger partial charge < -0.3 is 4.90 Å². The number of likely N-dealkylation sites (N-methyl/N-ethyl adjacent to an activating group) is 1. The molecule has 0 aromatic heterocycles. The first-order valence-corrected chi connectivity index (χ1v) is 7.49. The molecule has 1 unspecified atom stereocenters. The zero-order valence-corrected chi connectivity index (χ0v) is 13.6. The van der Waals surface area contributed by atoms with E-state index in [0.717, 1.165) is 6.07 Å². The van der Waals surface area contributed by atoms with Gasteiger partial charge in [0.1, 0.15) is 11.6 Å². The predicted molar refractivity (Wildman–Crippen MR) is 86.1 cm³/mol. The molecule has 0 N–H and O–H groups in total. The Balaban J connectivity index is 2.04. The molecule has 0 saturated heterocycles. The van der Waals surface area contributed by atoms with Crippen LogP contribution in [0.2, 0.25) is 0 Å². The molecule has 0 fully saturated rings. The van der Waals surface area contributed by atoms with Crippen molar-refractivity contribution in [2.45, 2.75) is 25.3 Å². The molecule has 0 radical (unpaired) electrons. The van der Waals surface area contributed by atoms with E-state index in [9.17, 15) is 18.4 Å². The number of carbonyl (C=O) groups is 2. The minimum absolute atomic E-state index is 0.0457. The van der Waals surface area contributed by atoms with Crippen LogP contribution in [0.25, 0.3) is 0 Å². The standard InChI is InChI=1S/C17H19F2N3O2/c1-11(17(24)21(2)3)4-5-16(23)22-15(6-7-20-22)12-8-13(18)10-14(19)9-12/h7-10,15H,1,4-6H2,2-3H3. The summed E-state index contributed by atoms with van der Waals surface area (Å²) in [6.07, 6.45) is 2.16. The Kier molecular flexibility index (Phi) is 5.43. The summed E-state index contributed by atoms with van der Waals surface area (Å²) in [6, 6.07) is 2.62. The number of rotatable bonds is 5. The van der Waals surface area contributed by atoms with Crippen molar-refractivity contribution in [2.75, 3.05) is 14.1 Å². The highest BCUT2D eigenvalue weighted by atomic mass is 19.1. The first-order chi connectivity index (χ1) is 11.3. The van der Waals surface area contributed by atoms with Crippen molar-refractivity contribution in [3.8, 4) is 0 Å². The third-order valence-corrected chi connectivity index (χ3v) is 3.70. The third-order valence-electron chi connectivity index (χ3n) is 3.70. The van der Waals surface area contributed by atoms with Crippen LogP contribution in [-0.4, -0.2) is 42.0 Å². The summed E-state index contributed by atoms with van der Waals surface area (Å²) in [5, 5.41) is 5.21. The second-order valence-corrected chi connectivity index (χ2v) is 5.79. The van der Waals surface area contributed by atoms with E-state index in [2.05, 4.69) is 11.7 Å². The van der Waals surface area contributed by atoms with E-state index in [1.165, 1.54) is 28.3 Å². The van der Waals surface area contributed by atoms with Gasteiger partial charge in [-0.05, 0) is 24.1 Å². The van der Waals surface area contributed by atoms with Crippen molar-refractivity contribution in [3.63, 3.8) is 0 Å². The fourth-order valence-corrected chi connectivity index (χ4v) is 2.49. The van der Waals surface area contributed by atoms with Crippen LogP contribution < -0.4 is 0 Å². The van der Waals surface area contributed by atoms with Crippen LogP contribution in [0, 0.1) is 11.6 Å². The van der Waals surface area contributed by atoms with E-state index >= 15 is 0 Å². The normalized spacial score (nSPS) is 16.3. The number of benzene rings is 1. The van der Waals surface area contributed by atoms with Gasteiger partial charge in [-0.3, -0.25) is 9.59 Å². The van der Waals surface area contributed by atoms with E-state index < -0.39 is 17.7 Å². The smallest absolute Gasteiger partial charge is 0.248 e. The molecule has 1 aromatic carbocycles. The largest absolute Gasteiger partial charge is 0.345 e. The van der Waals surface area contributed by atoms with Crippen molar-refractivity contribution >= 4 is 18.0 Å². The summed E-state index contributed by atoms with van der Waals surface area (Å²) in [5.74, 6) is -1.97. The molecule has 5 nitrogen and oxygen atoms in total. The average molecular weight is 335 g/mol. The zero-order valence-electron chi connectivity index (χ0n) is 13.6. The highest BCUT2D eigenvalue weighted by molar-refractivity contribution is 5.93. The molecular formula is C17H19F2N3O2. The first kappa shape index (κ1) is 17.8. The highest BCUT2D eigenvalue weighted by Crippen LogP contribution is 2.30. The summed E-state index contributed by atoms with van der Waals surface area (Å²) in [7, 11) is 3.21. The third kappa shape index (κ3) is 4.04. The van der Waals surface area contributed by atoms with Crippen LogP contribution in [0.1, 0.15) is 30.9 Å². The fraction of sp³-hybridized carbons (Fsp3) is 0.353. The molecular weight excluding hydrogens is 316 g/mol. The molecule has 1 atom stereocenters. The van der Waals surface area contributed by atoms with Gasteiger partial charge in [-0.25, -0.2) is 13.8 Å². The lowest BCUT2D eigenvalue weighted by Gasteiger charge is -2.22. The lowest BCUT2D eigenvalue weighted by Crippen LogP contribution is -2.28. The van der Waals surface area contributed by atoms with Gasteiger partial charge in [0.25, 0.3) is 0 Å². The number of amides is 2. The Morgan fingerprint density at radius 3 is 2.46 bits per heavy atom. The molecule has 1 aromatic rings. The average Bonchev–Trinajstić information content (AvgIpc) is 3.00. The van der Waals surface area contributed by atoms with Crippen molar-refractivity contribution in [3.05, 3.63) is 47.5 Å². The molecule has 128 valence electrons. The maximum Gasteiger partial charge on any atom is 0.248 e. The summed E-state index contributed by atoms with van der Waals surface area (Å²) < 4.78 is 26.8. The van der Waals surface area contributed by atoms with Crippen LogP contribution in [0.4, 0.5) is 8.78 Å². The topological polar surface area (TPSA) is 53.0 Å². The monoisotopic (exact) mass is 335 g/mol. The van der Waals surface area contributed by atoms with Crippen LogP contribution in [0.3, 0.4) is 0 Å². The minimum atomic E-state index is -0.700. The van der Waals surface area contributed by atoms with Gasteiger partial charge in [-0.1, -0.05) is 6.58 Å². The maximum absolute atomic E-state index is 13.4. The number of hydrazone groups is 1. The SMILES string of the molecule is C=C(CCC(=O)N1N=CCC1c1cc(F)cc(F)c1)C(=O)N(C)C. The maximum atomic E-state index is 13.4. The van der Waals surface area contributed by atoms with Gasteiger partial charge >= 0.3 is 0 Å². The quantitative estimate of drug-likeness (QED) is 0.777. The van der Waals surface area contributed by atoms with Gasteiger partial charge in [0.2, 0.25) is 11.8 Å². The number of nitrogens with zero attached hydrogens (tertiary/aromatic N) is 3. The highest BCUT2D eigenvalue weighted by Gasteiger charge is 2.29. The Morgan fingerprint density at radius 1 is 1.25 bits per heavy atom. The van der Waals surface area contributed by atoms with E-state index in [1.807, 2.05) is 0 Å². The molecule has 0 bridgehead atoms. The number of halogens is 2. The summed E-state index contributed by atoms with van der Waals surface area (Å²) in [6.45, 7) is 3.68. The van der Waals surface area contributed by atoms with E-state index in [1.54, 1.807) is 14.1 Å². The lowest BCUT2D eigenvalue weighted by molar-refractivity contribution is -0.133. The van der Waals surface area contributed by atoms with Crippen LogP contribution >= 0.6 is 0 Å². The van der Waals surface area contributed by atoms with E-state index in [4.69, 9.17) is 0 Å². The summed E-state index contributed by atoms with van der Waals surface area (Å²) >= 11 is 0. The number of hydrogen-bond donors (Lipinski definition) is 0. The van der Waals surface area contributed by atoms with Gasteiger partial charge in [0.15, 0.2) is 0 Å². The van der Waals surface area contributed by atoms with Gasteiger partial charge in [0, 0.05) is 44.8 Å². The Bertz CT molecular complexity index is 681. The van der Waals surface area contributed by atoms with Gasteiger partial charge in [-0.2, -0.15) is 5.10 Å². The second kappa shape index (κ2) is 7.33. The summed E-state index contributed by atoms with van der Waals surface area (Å²) in [5.41, 5.74) is 0.673. The Morgan fingerprint density at radius 2 is 1.88 bits per heavy atom. The van der Waals surface area contributed by atoms with Crippen molar-refractivity contribution < 1.29 is 18.4 Å². The van der Waals surface area contributed by atoms with Crippen molar-refractivity contribution in [1.82, 2.24) is 9.91 Å². The number of carbonyl (C=O) groups excluding carboxylic acids is 2. The van der Waals surface area contributed by atoms with Crippen molar-refractivity contribution in [1.29, 1.82) is 0 Å². The summed E-state index contributed by atoms with van der Waals surface area (Å²) in [4.78, 5) is 25.5. The molecule has 7 heteroatoms. The van der Waals surface area contributed by atoms with Crippen LogP contribution in [0.5, 0.6) is 0 Å². The lowest BCUT2D eigenvalue weighted by atomic mass is 10.0. The molecule has 0 spiro atoms. The molecule has 2 rings (SSSR count). The predicted octanol–water partition coefficient (Wildman–Crippen LogP) is 2.65. The number of hydrogen-bond acceptors (Lipinski definition) is 3. The van der Waals surface area contributed by atoms with Crippen molar-refractivity contribution in [2.24, 2.45) is 5.10 Å². The molecule has 1 heterocycles. The van der Waals surface area contributed by atoms with Gasteiger partial charge in [-0.15, -0.1) is 0 Å². The van der Waals surface area contributed by atoms with Crippen LogP contribution in [0.15, 0.2) is 35.5 Å². The Hall–Kier alpha value is -2.57. The van der Waals surface area contributed by atoms with Gasteiger partial charge in [0.05, 0.1) is 6.04 Å². The molecule has 1 aliphatic rings. The minimum Gasteiger partial charge on any atom is -0.345 e.